The van der Waals surface area contributed by atoms with Crippen molar-refractivity contribution in [2.24, 2.45) is 0 Å². The van der Waals surface area contributed by atoms with Crippen LogP contribution < -0.4 is 4.74 Å². The van der Waals surface area contributed by atoms with E-state index < -0.39 is 0 Å². The van der Waals surface area contributed by atoms with Gasteiger partial charge in [0.25, 0.3) is 0 Å². The van der Waals surface area contributed by atoms with Crippen molar-refractivity contribution in [2.45, 2.75) is 13.2 Å². The molecule has 2 aromatic rings. The summed E-state index contributed by atoms with van der Waals surface area (Å²) >= 11 is 3.48. The van der Waals surface area contributed by atoms with Crippen LogP contribution in [0, 0.1) is 0 Å². The Labute approximate surface area is 126 Å². The molecule has 4 heteroatoms. The molecular weight excluding hydrogens is 320 g/mol. The van der Waals surface area contributed by atoms with Crippen molar-refractivity contribution < 1.29 is 14.3 Å². The molecule has 0 atom stereocenters. The monoisotopic (exact) mass is 334 g/mol. The van der Waals surface area contributed by atoms with Crippen LogP contribution in [0.4, 0.5) is 0 Å². The smallest absolute Gasteiger partial charge is 0.150 e. The van der Waals surface area contributed by atoms with Gasteiger partial charge in [-0.25, -0.2) is 0 Å². The summed E-state index contributed by atoms with van der Waals surface area (Å²) < 4.78 is 12.0. The van der Waals surface area contributed by atoms with Gasteiger partial charge in [0, 0.05) is 15.6 Å². The molecule has 104 valence electrons. The fourth-order valence-electron chi connectivity index (χ4n) is 1.87. The quantitative estimate of drug-likeness (QED) is 0.749. The van der Waals surface area contributed by atoms with E-state index in [0.717, 1.165) is 27.6 Å². The summed E-state index contributed by atoms with van der Waals surface area (Å²) in [6.07, 6.45) is 0.816. The average Bonchev–Trinajstić information content (AvgIpc) is 2.49. The molecule has 0 aliphatic rings. The van der Waals surface area contributed by atoms with E-state index in [0.29, 0.717) is 18.8 Å². The SMILES string of the molecule is COc1ccc(C=O)cc1COCc1ccccc1Br. The van der Waals surface area contributed by atoms with Crippen molar-refractivity contribution >= 4 is 22.2 Å². The van der Waals surface area contributed by atoms with Crippen LogP contribution in [-0.4, -0.2) is 13.4 Å². The van der Waals surface area contributed by atoms with Gasteiger partial charge in [-0.1, -0.05) is 34.1 Å². The Morgan fingerprint density at radius 3 is 2.55 bits per heavy atom. The highest BCUT2D eigenvalue weighted by Crippen LogP contribution is 2.22. The lowest BCUT2D eigenvalue weighted by Gasteiger charge is -2.10. The third kappa shape index (κ3) is 3.68. The van der Waals surface area contributed by atoms with Crippen LogP contribution in [0.5, 0.6) is 5.75 Å². The fraction of sp³-hybridized carbons (Fsp3) is 0.188. The summed E-state index contributed by atoms with van der Waals surface area (Å²) in [5.74, 6) is 0.725. The second kappa shape index (κ2) is 7.22. The molecule has 0 aromatic heterocycles. The molecule has 0 N–H and O–H groups in total. The molecule has 0 amide bonds. The van der Waals surface area contributed by atoms with Crippen LogP contribution in [-0.2, 0) is 18.0 Å². The number of carbonyl (C=O) groups excluding carboxylic acids is 1. The molecule has 0 fully saturated rings. The lowest BCUT2D eigenvalue weighted by molar-refractivity contribution is 0.104. The molecule has 0 bridgehead atoms. The van der Waals surface area contributed by atoms with Crippen molar-refractivity contribution in [3.8, 4) is 5.75 Å². The third-order valence-corrected chi connectivity index (χ3v) is 3.69. The first kappa shape index (κ1) is 14.8. The molecule has 2 rings (SSSR count). The number of hydrogen-bond acceptors (Lipinski definition) is 3. The Balaban J connectivity index is 2.03. The highest BCUT2D eigenvalue weighted by molar-refractivity contribution is 9.10. The van der Waals surface area contributed by atoms with E-state index in [1.165, 1.54) is 0 Å². The largest absolute Gasteiger partial charge is 0.496 e. The summed E-state index contributed by atoms with van der Waals surface area (Å²) in [5, 5.41) is 0. The van der Waals surface area contributed by atoms with E-state index >= 15 is 0 Å². The molecule has 0 aliphatic carbocycles. The molecule has 0 saturated carbocycles. The Kier molecular flexibility index (Phi) is 5.32. The van der Waals surface area contributed by atoms with E-state index in [4.69, 9.17) is 9.47 Å². The molecule has 0 radical (unpaired) electrons. The van der Waals surface area contributed by atoms with Gasteiger partial charge in [0.15, 0.2) is 0 Å². The molecular formula is C16H15BrO3. The van der Waals surface area contributed by atoms with E-state index in [2.05, 4.69) is 15.9 Å². The first-order chi connectivity index (χ1) is 9.74. The van der Waals surface area contributed by atoms with E-state index in [1.807, 2.05) is 24.3 Å². The molecule has 3 nitrogen and oxygen atoms in total. The van der Waals surface area contributed by atoms with Gasteiger partial charge in [-0.05, 0) is 29.8 Å². The Hall–Kier alpha value is -1.65. The van der Waals surface area contributed by atoms with Crippen LogP contribution in [0.25, 0.3) is 0 Å². The second-order valence-electron chi connectivity index (χ2n) is 4.27. The van der Waals surface area contributed by atoms with Gasteiger partial charge in [0.2, 0.25) is 0 Å². The number of carbonyl (C=O) groups is 1. The van der Waals surface area contributed by atoms with E-state index in [-0.39, 0.29) is 0 Å². The van der Waals surface area contributed by atoms with Crippen molar-refractivity contribution in [3.63, 3.8) is 0 Å². The maximum atomic E-state index is 10.8. The fourth-order valence-corrected chi connectivity index (χ4v) is 2.27. The van der Waals surface area contributed by atoms with Crippen molar-refractivity contribution in [3.05, 3.63) is 63.6 Å². The van der Waals surface area contributed by atoms with Crippen molar-refractivity contribution in [1.29, 1.82) is 0 Å². The van der Waals surface area contributed by atoms with Gasteiger partial charge < -0.3 is 9.47 Å². The Morgan fingerprint density at radius 2 is 1.85 bits per heavy atom. The highest BCUT2D eigenvalue weighted by Gasteiger charge is 2.05. The number of aldehydes is 1. The van der Waals surface area contributed by atoms with Gasteiger partial charge >= 0.3 is 0 Å². The van der Waals surface area contributed by atoms with Crippen molar-refractivity contribution in [2.75, 3.05) is 7.11 Å². The van der Waals surface area contributed by atoms with Crippen LogP contribution >= 0.6 is 15.9 Å². The number of ether oxygens (including phenoxy) is 2. The maximum absolute atomic E-state index is 10.8. The number of hydrogen-bond donors (Lipinski definition) is 0. The molecule has 0 heterocycles. The predicted molar refractivity (Wildman–Crippen MR) is 81.0 cm³/mol. The number of halogens is 1. The van der Waals surface area contributed by atoms with Gasteiger partial charge in [-0.2, -0.15) is 0 Å². The van der Waals surface area contributed by atoms with Crippen LogP contribution in [0.3, 0.4) is 0 Å². The minimum Gasteiger partial charge on any atom is -0.496 e. The van der Waals surface area contributed by atoms with Crippen LogP contribution in [0.15, 0.2) is 46.9 Å². The summed E-state index contributed by atoms with van der Waals surface area (Å²) in [6.45, 7) is 0.891. The average molecular weight is 335 g/mol. The molecule has 0 aliphatic heterocycles. The third-order valence-electron chi connectivity index (χ3n) is 2.91. The highest BCUT2D eigenvalue weighted by atomic mass is 79.9. The number of rotatable bonds is 6. The van der Waals surface area contributed by atoms with Crippen molar-refractivity contribution in [1.82, 2.24) is 0 Å². The normalized spacial score (nSPS) is 10.3. The topological polar surface area (TPSA) is 35.5 Å². The molecule has 20 heavy (non-hydrogen) atoms. The maximum Gasteiger partial charge on any atom is 0.150 e. The zero-order chi connectivity index (χ0) is 14.4. The van der Waals surface area contributed by atoms with Gasteiger partial charge in [0.1, 0.15) is 12.0 Å². The summed E-state index contributed by atoms with van der Waals surface area (Å²) in [7, 11) is 1.60. The first-order valence-corrected chi connectivity index (χ1v) is 6.97. The number of methoxy groups -OCH3 is 1. The summed E-state index contributed by atoms with van der Waals surface area (Å²) in [5.41, 5.74) is 2.56. The Morgan fingerprint density at radius 1 is 1.10 bits per heavy atom. The zero-order valence-electron chi connectivity index (χ0n) is 11.1. The molecule has 0 unspecified atom stereocenters. The molecule has 2 aromatic carbocycles. The molecule has 0 saturated heterocycles. The minimum atomic E-state index is 0.395. The first-order valence-electron chi connectivity index (χ1n) is 6.18. The lowest BCUT2D eigenvalue weighted by Crippen LogP contribution is -1.99. The number of benzene rings is 2. The van der Waals surface area contributed by atoms with Gasteiger partial charge in [0.05, 0.1) is 20.3 Å². The zero-order valence-corrected chi connectivity index (χ0v) is 12.7. The van der Waals surface area contributed by atoms with Gasteiger partial charge in [-0.3, -0.25) is 4.79 Å². The standard InChI is InChI=1S/C16H15BrO3/c1-19-16-7-6-12(9-18)8-14(16)11-20-10-13-4-2-3-5-15(13)17/h2-9H,10-11H2,1H3. The second-order valence-corrected chi connectivity index (χ2v) is 5.13. The van der Waals surface area contributed by atoms with Gasteiger partial charge in [-0.15, -0.1) is 0 Å². The van der Waals surface area contributed by atoms with Crippen LogP contribution in [0.2, 0.25) is 0 Å². The lowest BCUT2D eigenvalue weighted by atomic mass is 10.1. The van der Waals surface area contributed by atoms with E-state index in [9.17, 15) is 4.79 Å². The summed E-state index contributed by atoms with van der Waals surface area (Å²) in [6, 6.07) is 13.2. The Bertz CT molecular complexity index is 596. The molecule has 0 spiro atoms. The van der Waals surface area contributed by atoms with E-state index in [1.54, 1.807) is 25.3 Å². The summed E-state index contributed by atoms with van der Waals surface area (Å²) in [4.78, 5) is 10.8. The minimum absolute atomic E-state index is 0.395. The van der Waals surface area contributed by atoms with Crippen LogP contribution in [0.1, 0.15) is 21.5 Å². The predicted octanol–water partition coefficient (Wildman–Crippen LogP) is 3.99.